The highest BCUT2D eigenvalue weighted by molar-refractivity contribution is 5.39. The maximum Gasteiger partial charge on any atom is 0.205 e. The number of unbranched alkanes of at least 4 members (excludes halogenated alkanes) is 5. The summed E-state index contributed by atoms with van der Waals surface area (Å²) in [6.07, 6.45) is 23.1. The summed E-state index contributed by atoms with van der Waals surface area (Å²) in [6, 6.07) is 8.45. The van der Waals surface area contributed by atoms with Crippen LogP contribution in [-0.2, 0) is 12.8 Å². The van der Waals surface area contributed by atoms with Crippen LogP contribution in [0.4, 0.5) is 0 Å². The van der Waals surface area contributed by atoms with Crippen molar-refractivity contribution in [2.45, 2.75) is 71.6 Å². The largest absolute Gasteiger partial charge is 0.229 e. The molecule has 2 nitrogen and oxygen atoms in total. The number of aromatic nitrogens is 2. The highest BCUT2D eigenvalue weighted by Crippen LogP contribution is 2.09. The van der Waals surface area contributed by atoms with Gasteiger partial charge in [-0.2, -0.15) is 0 Å². The molecule has 142 valence electrons. The average molecular weight is 361 g/mol. The van der Waals surface area contributed by atoms with Gasteiger partial charge in [0.25, 0.3) is 0 Å². The van der Waals surface area contributed by atoms with E-state index in [4.69, 9.17) is 0 Å². The van der Waals surface area contributed by atoms with Gasteiger partial charge in [0, 0.05) is 18.0 Å². The fourth-order valence-corrected chi connectivity index (χ4v) is 2.83. The van der Waals surface area contributed by atoms with Crippen molar-refractivity contribution in [3.63, 3.8) is 0 Å². The molecule has 1 aromatic carbocycles. The first-order chi connectivity index (χ1) is 13.3. The van der Waals surface area contributed by atoms with Crippen LogP contribution < -0.4 is 0 Å². The van der Waals surface area contributed by atoms with Gasteiger partial charge in [-0.3, -0.25) is 0 Å². The topological polar surface area (TPSA) is 25.8 Å². The lowest BCUT2D eigenvalue weighted by atomic mass is 10.1. The minimum Gasteiger partial charge on any atom is -0.229 e. The molecule has 0 fully saturated rings. The van der Waals surface area contributed by atoms with Crippen molar-refractivity contribution in [2.75, 3.05) is 0 Å². The molecule has 0 aliphatic heterocycles. The molecule has 0 N–H and O–H groups in total. The van der Waals surface area contributed by atoms with Gasteiger partial charge in [0.2, 0.25) is 5.82 Å². The molecule has 0 amide bonds. The summed E-state index contributed by atoms with van der Waals surface area (Å²) in [5, 5.41) is 0. The predicted octanol–water partition coefficient (Wildman–Crippen LogP) is 5.98. The summed E-state index contributed by atoms with van der Waals surface area (Å²) in [6.45, 7) is 4.45. The smallest absolute Gasteiger partial charge is 0.205 e. The van der Waals surface area contributed by atoms with E-state index in [2.05, 4.69) is 72.8 Å². The van der Waals surface area contributed by atoms with Crippen LogP contribution in [-0.4, -0.2) is 9.97 Å². The Labute approximate surface area is 165 Å². The van der Waals surface area contributed by atoms with Gasteiger partial charge in [-0.25, -0.2) is 9.97 Å². The molecule has 0 aliphatic rings. The summed E-state index contributed by atoms with van der Waals surface area (Å²) < 4.78 is 0. The maximum absolute atomic E-state index is 4.38. The van der Waals surface area contributed by atoms with Gasteiger partial charge >= 0.3 is 0 Å². The van der Waals surface area contributed by atoms with Gasteiger partial charge in [-0.05, 0) is 48.4 Å². The van der Waals surface area contributed by atoms with Gasteiger partial charge in [-0.1, -0.05) is 70.4 Å². The molecular weight excluding hydrogens is 328 g/mol. The lowest BCUT2D eigenvalue weighted by Gasteiger charge is -2.01. The molecule has 2 aromatic rings. The predicted molar refractivity (Wildman–Crippen MR) is 115 cm³/mol. The van der Waals surface area contributed by atoms with Crippen LogP contribution in [0, 0.1) is 24.7 Å². The third kappa shape index (κ3) is 9.62. The van der Waals surface area contributed by atoms with Crippen molar-refractivity contribution in [1.29, 1.82) is 0 Å². The fraction of sp³-hybridized carbons (Fsp3) is 0.440. The molecule has 2 rings (SSSR count). The molecule has 2 heteroatoms. The number of nitrogens with zero attached hydrogens (tertiary/aromatic N) is 2. The van der Waals surface area contributed by atoms with Crippen LogP contribution in [0.1, 0.15) is 81.3 Å². The fourth-order valence-electron chi connectivity index (χ4n) is 2.83. The molecule has 1 heterocycles. The number of benzene rings is 1. The highest BCUT2D eigenvalue weighted by Gasteiger charge is 1.97. The number of hydrogen-bond donors (Lipinski definition) is 0. The summed E-state index contributed by atoms with van der Waals surface area (Å²) >= 11 is 0. The molecule has 0 spiro atoms. The number of terminal acetylenes is 1. The van der Waals surface area contributed by atoms with E-state index in [1.54, 1.807) is 0 Å². The second-order valence-electron chi connectivity index (χ2n) is 6.63. The van der Waals surface area contributed by atoms with Crippen molar-refractivity contribution >= 4 is 0 Å². The minimum atomic E-state index is 0.601. The van der Waals surface area contributed by atoms with Gasteiger partial charge < -0.3 is 0 Å². The number of aryl methyl sites for hydroxylation is 2. The van der Waals surface area contributed by atoms with E-state index in [1.165, 1.54) is 56.1 Å². The first kappa shape index (κ1) is 22.5. The van der Waals surface area contributed by atoms with Crippen molar-refractivity contribution in [3.05, 3.63) is 59.2 Å². The molecule has 0 saturated carbocycles. The Bertz CT molecular complexity index is 700. The normalized spacial score (nSPS) is 9.63. The van der Waals surface area contributed by atoms with E-state index in [9.17, 15) is 0 Å². The van der Waals surface area contributed by atoms with Crippen LogP contribution >= 0.6 is 0 Å². The molecular formula is C25H32N2. The third-order valence-corrected chi connectivity index (χ3v) is 4.34. The zero-order valence-corrected chi connectivity index (χ0v) is 16.9. The van der Waals surface area contributed by atoms with E-state index in [0.29, 0.717) is 5.82 Å². The molecule has 27 heavy (non-hydrogen) atoms. The zero-order chi connectivity index (χ0) is 19.7. The van der Waals surface area contributed by atoms with Crippen LogP contribution in [0.3, 0.4) is 0 Å². The SMILES string of the molecule is C#C.CCCCCCCCc1cnc(C#Cc2ccc(CCC)cc2)nc1. The lowest BCUT2D eigenvalue weighted by Crippen LogP contribution is -1.93. The number of rotatable bonds is 9. The second-order valence-corrected chi connectivity index (χ2v) is 6.63. The molecule has 0 unspecified atom stereocenters. The lowest BCUT2D eigenvalue weighted by molar-refractivity contribution is 0.606. The molecule has 0 bridgehead atoms. The first-order valence-electron chi connectivity index (χ1n) is 10.1. The van der Waals surface area contributed by atoms with E-state index in [-0.39, 0.29) is 0 Å². The van der Waals surface area contributed by atoms with Gasteiger partial charge in [-0.15, -0.1) is 12.8 Å². The Hall–Kier alpha value is -2.58. The monoisotopic (exact) mass is 360 g/mol. The standard InChI is InChI=1S/C23H30N2.C2H2/c1-3-5-6-7-8-9-11-22-18-24-23(25-19-22)17-16-21-14-12-20(10-4-2)13-15-21;1-2/h12-15,18-19H,3-11H2,1-2H3;1-2H. The molecule has 0 aliphatic carbocycles. The Morgan fingerprint density at radius 3 is 1.96 bits per heavy atom. The Morgan fingerprint density at radius 1 is 0.704 bits per heavy atom. The first-order valence-corrected chi connectivity index (χ1v) is 10.1. The second kappa shape index (κ2) is 14.6. The maximum atomic E-state index is 4.38. The summed E-state index contributed by atoms with van der Waals surface area (Å²) in [5.74, 6) is 6.81. The average Bonchev–Trinajstić information content (AvgIpc) is 2.73. The molecule has 0 radical (unpaired) electrons. The van der Waals surface area contributed by atoms with E-state index < -0.39 is 0 Å². The van der Waals surface area contributed by atoms with Crippen molar-refractivity contribution < 1.29 is 0 Å². The van der Waals surface area contributed by atoms with Crippen molar-refractivity contribution in [3.8, 4) is 24.7 Å². The van der Waals surface area contributed by atoms with Crippen LogP contribution in [0.2, 0.25) is 0 Å². The van der Waals surface area contributed by atoms with Crippen molar-refractivity contribution in [2.24, 2.45) is 0 Å². The summed E-state index contributed by atoms with van der Waals surface area (Å²) in [4.78, 5) is 8.77. The summed E-state index contributed by atoms with van der Waals surface area (Å²) in [5.41, 5.74) is 3.59. The van der Waals surface area contributed by atoms with E-state index >= 15 is 0 Å². The quantitative estimate of drug-likeness (QED) is 0.406. The molecule has 1 aromatic heterocycles. The minimum absolute atomic E-state index is 0.601. The van der Waals surface area contributed by atoms with Crippen LogP contribution in [0.15, 0.2) is 36.7 Å². The van der Waals surface area contributed by atoms with Gasteiger partial charge in [0.1, 0.15) is 0 Å². The zero-order valence-electron chi connectivity index (χ0n) is 16.9. The van der Waals surface area contributed by atoms with Crippen molar-refractivity contribution in [1.82, 2.24) is 9.97 Å². The van der Waals surface area contributed by atoms with Crippen LogP contribution in [0.25, 0.3) is 0 Å². The van der Waals surface area contributed by atoms with Gasteiger partial charge in [0.05, 0.1) is 0 Å². The Kier molecular flexibility index (Phi) is 12.1. The third-order valence-electron chi connectivity index (χ3n) is 4.34. The summed E-state index contributed by atoms with van der Waals surface area (Å²) in [7, 11) is 0. The van der Waals surface area contributed by atoms with Crippen LogP contribution in [0.5, 0.6) is 0 Å². The molecule has 0 saturated heterocycles. The van der Waals surface area contributed by atoms with E-state index in [1.807, 2.05) is 12.4 Å². The Morgan fingerprint density at radius 2 is 1.33 bits per heavy atom. The highest BCUT2D eigenvalue weighted by atomic mass is 14.8. The Balaban J connectivity index is 0.00000176. The van der Waals surface area contributed by atoms with Gasteiger partial charge in [0.15, 0.2) is 0 Å². The number of hydrogen-bond acceptors (Lipinski definition) is 2. The van der Waals surface area contributed by atoms with E-state index in [0.717, 1.165) is 18.4 Å². The molecule has 0 atom stereocenters.